The monoisotopic (exact) mass is 965 g/mol. The van der Waals surface area contributed by atoms with Gasteiger partial charge in [0.15, 0.2) is 0 Å². The first-order valence-electron chi connectivity index (χ1n) is 26.3. The van der Waals surface area contributed by atoms with E-state index in [4.69, 9.17) is 0 Å². The highest BCUT2D eigenvalue weighted by Gasteiger charge is 2.46. The molecule has 0 saturated heterocycles. The number of rotatable bonds is 10. The van der Waals surface area contributed by atoms with Crippen molar-refractivity contribution in [3.8, 4) is 66.8 Å². The van der Waals surface area contributed by atoms with Crippen molar-refractivity contribution in [2.45, 2.75) is 5.41 Å². The van der Waals surface area contributed by atoms with Gasteiger partial charge in [-0.3, -0.25) is 0 Å². The Morgan fingerprint density at radius 2 is 0.592 bits per heavy atom. The Kier molecular flexibility index (Phi) is 11.2. The lowest BCUT2D eigenvalue weighted by Gasteiger charge is -2.35. The Morgan fingerprint density at radius 1 is 0.224 bits per heavy atom. The molecule has 0 N–H and O–H groups in total. The first-order valence-corrected chi connectivity index (χ1v) is 26.3. The Morgan fingerprint density at radius 3 is 1.17 bits per heavy atom. The minimum atomic E-state index is -0.574. The van der Waals surface area contributed by atoms with Crippen LogP contribution in [0.15, 0.2) is 309 Å². The molecule has 0 radical (unpaired) electrons. The summed E-state index contributed by atoms with van der Waals surface area (Å²) in [6, 6.07) is 114. The van der Waals surface area contributed by atoms with Gasteiger partial charge in [0.2, 0.25) is 0 Å². The smallest absolute Gasteiger partial charge is 0.0714 e. The summed E-state index contributed by atoms with van der Waals surface area (Å²) in [7, 11) is 0. The van der Waals surface area contributed by atoms with Crippen molar-refractivity contribution in [2.75, 3.05) is 4.90 Å². The second-order valence-corrected chi connectivity index (χ2v) is 19.9. The van der Waals surface area contributed by atoms with Crippen LogP contribution in [0.2, 0.25) is 0 Å². The molecule has 1 aliphatic carbocycles. The fourth-order valence-corrected chi connectivity index (χ4v) is 12.3. The van der Waals surface area contributed by atoms with Crippen LogP contribution in [-0.4, -0.2) is 0 Å². The van der Waals surface area contributed by atoms with Gasteiger partial charge in [0.25, 0.3) is 0 Å². The lowest BCUT2D eigenvalue weighted by atomic mass is 9.67. The van der Waals surface area contributed by atoms with Gasteiger partial charge in [0, 0.05) is 22.3 Å². The van der Waals surface area contributed by atoms with E-state index in [-0.39, 0.29) is 0 Å². The molecule has 1 heteroatoms. The summed E-state index contributed by atoms with van der Waals surface area (Å²) < 4.78 is 0. The van der Waals surface area contributed by atoms with Gasteiger partial charge in [-0.1, -0.05) is 285 Å². The van der Waals surface area contributed by atoms with Crippen molar-refractivity contribution in [2.24, 2.45) is 0 Å². The molecule has 0 saturated carbocycles. The Labute approximate surface area is 444 Å². The van der Waals surface area contributed by atoms with E-state index in [1.54, 1.807) is 0 Å². The fraction of sp³-hybridized carbons (Fsp3) is 0.0133. The van der Waals surface area contributed by atoms with Crippen molar-refractivity contribution in [3.05, 3.63) is 332 Å². The molecule has 0 atom stereocenters. The Hall–Kier alpha value is -9.82. The van der Waals surface area contributed by atoms with E-state index in [1.165, 1.54) is 99.4 Å². The van der Waals surface area contributed by atoms with Crippen molar-refractivity contribution < 1.29 is 0 Å². The molecule has 0 aromatic heterocycles. The Balaban J connectivity index is 0.996. The highest BCUT2D eigenvalue weighted by atomic mass is 15.1. The van der Waals surface area contributed by atoms with Crippen LogP contribution in [0.1, 0.15) is 22.3 Å². The summed E-state index contributed by atoms with van der Waals surface area (Å²) in [5, 5.41) is 4.83. The highest BCUT2D eigenvalue weighted by Crippen LogP contribution is 2.58. The zero-order chi connectivity index (χ0) is 50.4. The van der Waals surface area contributed by atoms with Gasteiger partial charge in [-0.25, -0.2) is 0 Å². The maximum Gasteiger partial charge on any atom is 0.0714 e. The maximum absolute atomic E-state index is 2.55. The predicted octanol–water partition coefficient (Wildman–Crippen LogP) is 20.2. The van der Waals surface area contributed by atoms with Crippen LogP contribution in [0.4, 0.5) is 17.1 Å². The summed E-state index contributed by atoms with van der Waals surface area (Å²) >= 11 is 0. The molecule has 14 rings (SSSR count). The van der Waals surface area contributed by atoms with Crippen LogP contribution < -0.4 is 4.90 Å². The van der Waals surface area contributed by atoms with Gasteiger partial charge in [-0.2, -0.15) is 0 Å². The summed E-state index contributed by atoms with van der Waals surface area (Å²) in [5.41, 5.74) is 22.2. The molecule has 0 amide bonds. The lowest BCUT2D eigenvalue weighted by molar-refractivity contribution is 0.768. The molecule has 13 aromatic carbocycles. The third kappa shape index (κ3) is 7.47. The van der Waals surface area contributed by atoms with Crippen LogP contribution in [0, 0.1) is 0 Å². The number of anilines is 3. The Bertz CT molecular complexity index is 4180. The molecule has 0 fully saturated rings. The van der Waals surface area contributed by atoms with Gasteiger partial charge >= 0.3 is 0 Å². The average molecular weight is 966 g/mol. The third-order valence-corrected chi connectivity index (χ3v) is 15.8. The molecule has 76 heavy (non-hydrogen) atoms. The van der Waals surface area contributed by atoms with E-state index >= 15 is 0 Å². The minimum Gasteiger partial charge on any atom is -0.309 e. The van der Waals surface area contributed by atoms with Crippen LogP contribution in [0.3, 0.4) is 0 Å². The summed E-state index contributed by atoms with van der Waals surface area (Å²) in [6.45, 7) is 0. The number of nitrogens with zero attached hydrogens (tertiary/aromatic N) is 1. The number of hydrogen-bond acceptors (Lipinski definition) is 1. The zero-order valence-corrected chi connectivity index (χ0v) is 41.9. The van der Waals surface area contributed by atoms with E-state index in [0.29, 0.717) is 0 Å². The first-order chi connectivity index (χ1) is 37.7. The second kappa shape index (κ2) is 18.9. The molecule has 0 bridgehead atoms. The highest BCUT2D eigenvalue weighted by molar-refractivity contribution is 6.22. The van der Waals surface area contributed by atoms with E-state index in [0.717, 1.165) is 28.2 Å². The van der Waals surface area contributed by atoms with E-state index in [9.17, 15) is 0 Å². The van der Waals surface area contributed by atoms with Gasteiger partial charge in [-0.05, 0) is 124 Å². The van der Waals surface area contributed by atoms with Crippen LogP contribution in [0.25, 0.3) is 88.3 Å². The molecule has 0 unspecified atom stereocenters. The SMILES string of the molecule is c1ccc(-c2ccc(-c3c(N(c4ccc(-c5ccc(-c6ccccc6-c6ccccc6)cc5)cc4)c4ccc5c(c4)C(c4ccccc4)(c4ccccc4)c4ccccc4-5)c4ccccc4c4ccccc34)cc2)cc1. The van der Waals surface area contributed by atoms with E-state index < -0.39 is 5.41 Å². The second-order valence-electron chi connectivity index (χ2n) is 19.9. The van der Waals surface area contributed by atoms with Gasteiger partial charge in [0.05, 0.1) is 11.1 Å². The molecule has 1 nitrogen and oxygen atoms in total. The maximum atomic E-state index is 2.55. The molecule has 1 aliphatic rings. The number of hydrogen-bond donors (Lipinski definition) is 0. The van der Waals surface area contributed by atoms with Gasteiger partial charge in [0.1, 0.15) is 0 Å². The standard InChI is InChI=1S/C75H51N/c1-5-21-52(22-6-1)53-39-43-58(44-40-53)73-69-34-17-15-31-65(69)66-32-16-18-35-70(66)74(73)76(61-47-45-55(46-48-61)54-37-41-57(42-38-54)64-30-14-13-29-63(64)56-23-7-2-8-24-56)62-49-50-68-67-33-19-20-36-71(67)75(72(68)51-62,59-25-9-3-10-26-59)60-27-11-4-12-28-60/h1-51H. The average Bonchev–Trinajstić information content (AvgIpc) is 4.00. The van der Waals surface area contributed by atoms with Crippen LogP contribution in [-0.2, 0) is 5.41 Å². The predicted molar refractivity (Wildman–Crippen MR) is 321 cm³/mol. The topological polar surface area (TPSA) is 3.24 Å². The van der Waals surface area contributed by atoms with Crippen LogP contribution in [0.5, 0.6) is 0 Å². The van der Waals surface area contributed by atoms with Crippen molar-refractivity contribution in [3.63, 3.8) is 0 Å². The lowest BCUT2D eigenvalue weighted by Crippen LogP contribution is -2.28. The molecule has 0 aliphatic heterocycles. The largest absolute Gasteiger partial charge is 0.309 e. The molecule has 356 valence electrons. The van der Waals surface area contributed by atoms with Crippen LogP contribution >= 0.6 is 0 Å². The first kappa shape index (κ1) is 44.8. The van der Waals surface area contributed by atoms with Crippen molar-refractivity contribution in [1.82, 2.24) is 0 Å². The summed E-state index contributed by atoms with van der Waals surface area (Å²) in [5.74, 6) is 0. The third-order valence-electron chi connectivity index (χ3n) is 15.8. The van der Waals surface area contributed by atoms with Gasteiger partial charge in [-0.15, -0.1) is 0 Å². The summed E-state index contributed by atoms with van der Waals surface area (Å²) in [6.07, 6.45) is 0. The van der Waals surface area contributed by atoms with E-state index in [1.807, 2.05) is 0 Å². The molecule has 0 spiro atoms. The zero-order valence-electron chi connectivity index (χ0n) is 41.9. The normalized spacial score (nSPS) is 12.3. The molecule has 0 heterocycles. The summed E-state index contributed by atoms with van der Waals surface area (Å²) in [4.78, 5) is 2.55. The quantitative estimate of drug-likeness (QED) is 0.123. The van der Waals surface area contributed by atoms with Gasteiger partial charge < -0.3 is 4.90 Å². The molecular formula is C75H51N. The fourth-order valence-electron chi connectivity index (χ4n) is 12.3. The number of fused-ring (bicyclic) bond motifs is 6. The van der Waals surface area contributed by atoms with Crippen molar-refractivity contribution >= 4 is 38.6 Å². The van der Waals surface area contributed by atoms with Crippen molar-refractivity contribution in [1.29, 1.82) is 0 Å². The molecular weight excluding hydrogens is 915 g/mol. The number of benzene rings is 13. The van der Waals surface area contributed by atoms with E-state index in [2.05, 4.69) is 314 Å². The molecule has 13 aromatic rings. The minimum absolute atomic E-state index is 0.574.